The highest BCUT2D eigenvalue weighted by atomic mass is 35.5. The van der Waals surface area contributed by atoms with E-state index in [0.29, 0.717) is 11.2 Å². The molecule has 68 valence electrons. The van der Waals surface area contributed by atoms with Gasteiger partial charge in [0.15, 0.2) is 0 Å². The molecule has 0 bridgehead atoms. The smallest absolute Gasteiger partial charge is 0.129 e. The van der Waals surface area contributed by atoms with E-state index in [2.05, 4.69) is 22.5 Å². The molecule has 2 nitrogen and oxygen atoms in total. The molecule has 1 aromatic heterocycles. The summed E-state index contributed by atoms with van der Waals surface area (Å²) < 4.78 is 0. The van der Waals surface area contributed by atoms with Crippen molar-refractivity contribution in [3.8, 4) is 0 Å². The van der Waals surface area contributed by atoms with E-state index in [1.165, 1.54) is 0 Å². The summed E-state index contributed by atoms with van der Waals surface area (Å²) in [5, 5.41) is 3.92. The molecule has 13 heavy (non-hydrogen) atoms. The summed E-state index contributed by atoms with van der Waals surface area (Å²) in [4.78, 5) is 4.27. The zero-order valence-electron chi connectivity index (χ0n) is 7.20. The zero-order valence-corrected chi connectivity index (χ0v) is 7.96. The second kappa shape index (κ2) is 3.90. The first-order valence-electron chi connectivity index (χ1n) is 4.37. The van der Waals surface area contributed by atoms with Gasteiger partial charge in [-0.1, -0.05) is 29.8 Å². The van der Waals surface area contributed by atoms with Crippen molar-refractivity contribution in [3.05, 3.63) is 41.2 Å². The average Bonchev–Trinajstić information content (AvgIpc) is 2.19. The van der Waals surface area contributed by atoms with Gasteiger partial charge in [-0.05, 0) is 18.6 Å². The quantitative estimate of drug-likeness (QED) is 0.548. The first-order valence-corrected chi connectivity index (χ1v) is 4.75. The van der Waals surface area contributed by atoms with Gasteiger partial charge >= 0.3 is 0 Å². The summed E-state index contributed by atoms with van der Waals surface area (Å²) >= 11 is 5.81. The minimum absolute atomic E-state index is 0.323. The van der Waals surface area contributed by atoms with Crippen LogP contribution in [0.3, 0.4) is 0 Å². The maximum absolute atomic E-state index is 5.81. The first kappa shape index (κ1) is 8.73. The molecular weight excluding hydrogens is 184 g/mol. The van der Waals surface area contributed by atoms with Crippen LogP contribution < -0.4 is 5.32 Å². The molecule has 0 spiro atoms. The molecule has 2 rings (SSSR count). The molecule has 1 aliphatic rings. The predicted molar refractivity (Wildman–Crippen MR) is 53.7 cm³/mol. The van der Waals surface area contributed by atoms with Crippen LogP contribution in [0.5, 0.6) is 0 Å². The molecule has 0 amide bonds. The summed E-state index contributed by atoms with van der Waals surface area (Å²) in [7, 11) is 0. The molecule has 3 heteroatoms. The fraction of sp³-hybridized carbons (Fsp3) is 0.300. The summed E-state index contributed by atoms with van der Waals surface area (Å²) in [5.74, 6) is 0. The van der Waals surface area contributed by atoms with Crippen LogP contribution in [-0.4, -0.2) is 11.5 Å². The van der Waals surface area contributed by atoms with Gasteiger partial charge in [0.1, 0.15) is 5.15 Å². The Balaban J connectivity index is 2.20. The van der Waals surface area contributed by atoms with Crippen molar-refractivity contribution in [2.75, 3.05) is 6.54 Å². The number of hydrogen-bond donors (Lipinski definition) is 1. The zero-order chi connectivity index (χ0) is 9.10. The second-order valence-electron chi connectivity index (χ2n) is 3.05. The molecule has 0 fully saturated rings. The van der Waals surface area contributed by atoms with Crippen LogP contribution in [0.2, 0.25) is 5.15 Å². The molecule has 0 aliphatic carbocycles. The monoisotopic (exact) mass is 194 g/mol. The van der Waals surface area contributed by atoms with E-state index >= 15 is 0 Å². The molecule has 2 heterocycles. The van der Waals surface area contributed by atoms with Crippen molar-refractivity contribution in [1.82, 2.24) is 10.3 Å². The molecule has 0 saturated heterocycles. The largest absolute Gasteiger partial charge is 0.305 e. The van der Waals surface area contributed by atoms with Gasteiger partial charge < -0.3 is 5.32 Å². The fourth-order valence-electron chi connectivity index (χ4n) is 1.45. The Bertz CT molecular complexity index is 322. The predicted octanol–water partition coefficient (Wildman–Crippen LogP) is 2.33. The lowest BCUT2D eigenvalue weighted by Crippen LogP contribution is -2.24. The van der Waals surface area contributed by atoms with Crippen molar-refractivity contribution in [2.24, 2.45) is 0 Å². The van der Waals surface area contributed by atoms with Crippen LogP contribution in [0.15, 0.2) is 30.4 Å². The normalized spacial score (nSPS) is 21.8. The van der Waals surface area contributed by atoms with Crippen molar-refractivity contribution < 1.29 is 0 Å². The van der Waals surface area contributed by atoms with Crippen LogP contribution >= 0.6 is 11.6 Å². The van der Waals surface area contributed by atoms with E-state index in [9.17, 15) is 0 Å². The lowest BCUT2D eigenvalue weighted by atomic mass is 10.1. The standard InChI is InChI=1S/C10H11ClN2/c11-10-6-3-5-9(13-10)8-4-1-2-7-12-8/h1-3,5-6,8,12H,4,7H2. The summed E-state index contributed by atoms with van der Waals surface area (Å²) in [5.41, 5.74) is 1.02. The van der Waals surface area contributed by atoms with Gasteiger partial charge in [-0.25, -0.2) is 4.98 Å². The first-order chi connectivity index (χ1) is 6.36. The van der Waals surface area contributed by atoms with Crippen molar-refractivity contribution in [1.29, 1.82) is 0 Å². The van der Waals surface area contributed by atoms with Crippen LogP contribution in [0.25, 0.3) is 0 Å². The third kappa shape index (κ3) is 2.08. The molecular formula is C10H11ClN2. The molecule has 1 aliphatic heterocycles. The van der Waals surface area contributed by atoms with E-state index in [1.54, 1.807) is 6.07 Å². The van der Waals surface area contributed by atoms with Crippen molar-refractivity contribution in [3.63, 3.8) is 0 Å². The minimum Gasteiger partial charge on any atom is -0.305 e. The number of pyridine rings is 1. The summed E-state index contributed by atoms with van der Waals surface area (Å²) in [6, 6.07) is 6.06. The molecule has 0 saturated carbocycles. The third-order valence-electron chi connectivity index (χ3n) is 2.11. The molecule has 1 unspecified atom stereocenters. The summed E-state index contributed by atoms with van der Waals surface area (Å²) in [6.07, 6.45) is 5.29. The van der Waals surface area contributed by atoms with E-state index in [1.807, 2.05) is 12.1 Å². The highest BCUT2D eigenvalue weighted by Gasteiger charge is 2.12. The molecule has 1 aromatic rings. The number of rotatable bonds is 1. The number of hydrogen-bond acceptors (Lipinski definition) is 2. The molecule has 1 atom stereocenters. The number of nitrogens with one attached hydrogen (secondary N) is 1. The van der Waals surface area contributed by atoms with Crippen LogP contribution in [0.1, 0.15) is 18.2 Å². The number of halogens is 1. The van der Waals surface area contributed by atoms with Gasteiger partial charge in [-0.3, -0.25) is 0 Å². The van der Waals surface area contributed by atoms with E-state index in [4.69, 9.17) is 11.6 Å². The SMILES string of the molecule is Clc1cccc(C2CC=CCN2)n1. The van der Waals surface area contributed by atoms with E-state index in [-0.39, 0.29) is 0 Å². The fourth-order valence-corrected chi connectivity index (χ4v) is 1.62. The van der Waals surface area contributed by atoms with Crippen LogP contribution in [0, 0.1) is 0 Å². The Hall–Kier alpha value is -0.860. The number of aromatic nitrogens is 1. The van der Waals surface area contributed by atoms with Gasteiger partial charge in [0.2, 0.25) is 0 Å². The minimum atomic E-state index is 0.323. The van der Waals surface area contributed by atoms with Crippen molar-refractivity contribution >= 4 is 11.6 Å². The van der Waals surface area contributed by atoms with Gasteiger partial charge in [0, 0.05) is 6.54 Å². The van der Waals surface area contributed by atoms with Gasteiger partial charge in [0.05, 0.1) is 11.7 Å². The Morgan fingerprint density at radius 2 is 2.31 bits per heavy atom. The maximum atomic E-state index is 5.81. The van der Waals surface area contributed by atoms with Gasteiger partial charge in [-0.15, -0.1) is 0 Å². The van der Waals surface area contributed by atoms with Gasteiger partial charge in [-0.2, -0.15) is 0 Å². The Morgan fingerprint density at radius 3 is 3.00 bits per heavy atom. The molecule has 0 radical (unpaired) electrons. The molecule has 1 N–H and O–H groups in total. The Morgan fingerprint density at radius 1 is 1.38 bits per heavy atom. The highest BCUT2D eigenvalue weighted by Crippen LogP contribution is 2.18. The lowest BCUT2D eigenvalue weighted by Gasteiger charge is -2.18. The van der Waals surface area contributed by atoms with E-state index < -0.39 is 0 Å². The van der Waals surface area contributed by atoms with Crippen LogP contribution in [-0.2, 0) is 0 Å². The molecule has 0 aromatic carbocycles. The van der Waals surface area contributed by atoms with Gasteiger partial charge in [0.25, 0.3) is 0 Å². The average molecular weight is 195 g/mol. The topological polar surface area (TPSA) is 24.9 Å². The van der Waals surface area contributed by atoms with E-state index in [0.717, 1.165) is 18.7 Å². The Kier molecular flexibility index (Phi) is 2.62. The highest BCUT2D eigenvalue weighted by molar-refractivity contribution is 6.29. The second-order valence-corrected chi connectivity index (χ2v) is 3.44. The third-order valence-corrected chi connectivity index (χ3v) is 2.32. The lowest BCUT2D eigenvalue weighted by molar-refractivity contribution is 0.541. The Labute approximate surface area is 82.6 Å². The summed E-state index contributed by atoms with van der Waals surface area (Å²) in [6.45, 7) is 0.916. The number of nitrogens with zero attached hydrogens (tertiary/aromatic N) is 1. The van der Waals surface area contributed by atoms with Crippen LogP contribution in [0.4, 0.5) is 0 Å². The maximum Gasteiger partial charge on any atom is 0.129 e. The van der Waals surface area contributed by atoms with Crippen molar-refractivity contribution in [2.45, 2.75) is 12.5 Å².